The third kappa shape index (κ3) is 5.33. The van der Waals surface area contributed by atoms with Crippen molar-refractivity contribution in [1.82, 2.24) is 0 Å². The van der Waals surface area contributed by atoms with Crippen LogP contribution < -0.4 is 5.73 Å². The summed E-state index contributed by atoms with van der Waals surface area (Å²) < 4.78 is 0. The van der Waals surface area contributed by atoms with Gasteiger partial charge in [0.05, 0.1) is 0 Å². The number of hydrogen-bond acceptors (Lipinski definition) is 2. The largest absolute Gasteiger partial charge is 0.330 e. The second kappa shape index (κ2) is 6.31. The Bertz CT molecular complexity index is 135. The van der Waals surface area contributed by atoms with Crippen LogP contribution in [0, 0.1) is 12.3 Å². The van der Waals surface area contributed by atoms with E-state index in [0.29, 0.717) is 25.8 Å². The zero-order valence-electron chi connectivity index (χ0n) is 6.10. The molecule has 0 fully saturated rings. The predicted octanol–water partition coefficient (Wildman–Crippen LogP) is 0.708. The second-order valence-electron chi connectivity index (χ2n) is 2.14. The fraction of sp³-hybridized carbons (Fsp3) is 0.625. The first-order valence-electron chi connectivity index (χ1n) is 3.46. The van der Waals surface area contributed by atoms with E-state index in [4.69, 9.17) is 12.2 Å². The summed E-state index contributed by atoms with van der Waals surface area (Å²) in [5.41, 5.74) is 5.21. The molecule has 0 saturated carbocycles. The summed E-state index contributed by atoms with van der Waals surface area (Å²) >= 11 is 0. The Morgan fingerprint density at radius 2 is 2.20 bits per heavy atom. The molecule has 0 aliphatic carbocycles. The number of ketones is 1. The van der Waals surface area contributed by atoms with Crippen molar-refractivity contribution in [2.75, 3.05) is 6.54 Å². The average Bonchev–Trinajstić information content (AvgIpc) is 1.97. The molecule has 0 bridgehead atoms. The number of hydrogen-bond donors (Lipinski definition) is 1. The highest BCUT2D eigenvalue weighted by Crippen LogP contribution is 1.95. The minimum Gasteiger partial charge on any atom is -0.330 e. The molecule has 10 heavy (non-hydrogen) atoms. The SMILES string of the molecule is C#CCCC(=O)CCCN. The molecule has 0 heterocycles. The quantitative estimate of drug-likeness (QED) is 0.570. The van der Waals surface area contributed by atoms with Crippen LogP contribution in [0.1, 0.15) is 25.7 Å². The lowest BCUT2D eigenvalue weighted by molar-refractivity contribution is -0.119. The molecule has 2 heteroatoms. The van der Waals surface area contributed by atoms with Gasteiger partial charge in [-0.25, -0.2) is 0 Å². The average molecular weight is 139 g/mol. The molecule has 0 aliphatic heterocycles. The maximum Gasteiger partial charge on any atom is 0.133 e. The minimum atomic E-state index is 0.225. The van der Waals surface area contributed by atoms with Crippen molar-refractivity contribution in [3.63, 3.8) is 0 Å². The van der Waals surface area contributed by atoms with E-state index in [2.05, 4.69) is 5.92 Å². The maximum atomic E-state index is 10.8. The van der Waals surface area contributed by atoms with E-state index in [1.165, 1.54) is 0 Å². The van der Waals surface area contributed by atoms with Crippen LogP contribution in [0.3, 0.4) is 0 Å². The lowest BCUT2D eigenvalue weighted by atomic mass is 10.1. The first-order valence-corrected chi connectivity index (χ1v) is 3.46. The first kappa shape index (κ1) is 9.19. The Labute approximate surface area is 61.8 Å². The molecule has 0 aromatic rings. The van der Waals surface area contributed by atoms with Crippen LogP contribution in [-0.4, -0.2) is 12.3 Å². The predicted molar refractivity (Wildman–Crippen MR) is 41.4 cm³/mol. The summed E-state index contributed by atoms with van der Waals surface area (Å²) in [5.74, 6) is 2.65. The molecule has 0 aromatic carbocycles. The van der Waals surface area contributed by atoms with Crippen molar-refractivity contribution in [2.45, 2.75) is 25.7 Å². The molecule has 0 radical (unpaired) electrons. The Morgan fingerprint density at radius 3 is 2.70 bits per heavy atom. The number of Topliss-reactive ketones (excluding diaryl/α,β-unsaturated/α-hetero) is 1. The lowest BCUT2D eigenvalue weighted by Gasteiger charge is -1.94. The number of carbonyl (C=O) groups excluding carboxylic acids is 1. The van der Waals surface area contributed by atoms with Crippen molar-refractivity contribution >= 4 is 5.78 Å². The molecule has 2 nitrogen and oxygen atoms in total. The van der Waals surface area contributed by atoms with Gasteiger partial charge in [0.15, 0.2) is 0 Å². The third-order valence-corrected chi connectivity index (χ3v) is 1.21. The van der Waals surface area contributed by atoms with E-state index >= 15 is 0 Å². The number of terminal acetylenes is 1. The fourth-order valence-electron chi connectivity index (χ4n) is 0.636. The molecule has 0 rings (SSSR count). The van der Waals surface area contributed by atoms with Gasteiger partial charge in [-0.1, -0.05) is 0 Å². The van der Waals surface area contributed by atoms with E-state index in [-0.39, 0.29) is 5.78 Å². The van der Waals surface area contributed by atoms with Crippen LogP contribution in [0.2, 0.25) is 0 Å². The number of carbonyl (C=O) groups is 1. The van der Waals surface area contributed by atoms with Gasteiger partial charge >= 0.3 is 0 Å². The Hall–Kier alpha value is -0.810. The van der Waals surface area contributed by atoms with Gasteiger partial charge in [-0.05, 0) is 13.0 Å². The maximum absolute atomic E-state index is 10.8. The molecule has 2 N–H and O–H groups in total. The van der Waals surface area contributed by atoms with Crippen LogP contribution in [0.15, 0.2) is 0 Å². The van der Waals surface area contributed by atoms with Gasteiger partial charge in [-0.15, -0.1) is 12.3 Å². The van der Waals surface area contributed by atoms with E-state index in [1.54, 1.807) is 0 Å². The van der Waals surface area contributed by atoms with Gasteiger partial charge in [0.25, 0.3) is 0 Å². The Kier molecular flexibility index (Phi) is 5.80. The molecule has 0 unspecified atom stereocenters. The van der Waals surface area contributed by atoms with Gasteiger partial charge in [0, 0.05) is 19.3 Å². The molecule has 0 aliphatic rings. The van der Waals surface area contributed by atoms with Crippen molar-refractivity contribution in [3.8, 4) is 12.3 Å². The van der Waals surface area contributed by atoms with Gasteiger partial charge in [0.1, 0.15) is 5.78 Å². The standard InChI is InChI=1S/C8H13NO/c1-2-3-5-8(10)6-4-7-9/h1H,3-7,9H2. The molecule has 0 aromatic heterocycles. The van der Waals surface area contributed by atoms with E-state index in [9.17, 15) is 4.79 Å². The molecular formula is C8H13NO. The third-order valence-electron chi connectivity index (χ3n) is 1.21. The Morgan fingerprint density at radius 1 is 1.50 bits per heavy atom. The normalized spacial score (nSPS) is 8.80. The molecule has 0 saturated heterocycles. The summed E-state index contributed by atoms with van der Waals surface area (Å²) in [7, 11) is 0. The van der Waals surface area contributed by atoms with Gasteiger partial charge < -0.3 is 5.73 Å². The highest BCUT2D eigenvalue weighted by atomic mass is 16.1. The van der Waals surface area contributed by atoms with Crippen molar-refractivity contribution in [1.29, 1.82) is 0 Å². The van der Waals surface area contributed by atoms with Crippen molar-refractivity contribution in [3.05, 3.63) is 0 Å². The summed E-state index contributed by atoms with van der Waals surface area (Å²) in [5, 5.41) is 0. The Balaban J connectivity index is 3.19. The summed E-state index contributed by atoms with van der Waals surface area (Å²) in [6.45, 7) is 0.585. The van der Waals surface area contributed by atoms with E-state index in [0.717, 1.165) is 6.42 Å². The topological polar surface area (TPSA) is 43.1 Å². The zero-order chi connectivity index (χ0) is 7.82. The monoisotopic (exact) mass is 139 g/mol. The van der Waals surface area contributed by atoms with Gasteiger partial charge in [-0.3, -0.25) is 4.79 Å². The summed E-state index contributed by atoms with van der Waals surface area (Å²) in [6, 6.07) is 0. The minimum absolute atomic E-state index is 0.225. The zero-order valence-corrected chi connectivity index (χ0v) is 6.10. The summed E-state index contributed by atoms with van der Waals surface area (Å²) in [4.78, 5) is 10.8. The van der Waals surface area contributed by atoms with Gasteiger partial charge in [-0.2, -0.15) is 0 Å². The highest BCUT2D eigenvalue weighted by molar-refractivity contribution is 5.78. The van der Waals surface area contributed by atoms with Crippen LogP contribution in [0.5, 0.6) is 0 Å². The molecule has 56 valence electrons. The highest BCUT2D eigenvalue weighted by Gasteiger charge is 1.97. The second-order valence-corrected chi connectivity index (χ2v) is 2.14. The fourth-order valence-corrected chi connectivity index (χ4v) is 0.636. The van der Waals surface area contributed by atoms with Crippen LogP contribution in [-0.2, 0) is 4.79 Å². The number of rotatable bonds is 5. The van der Waals surface area contributed by atoms with Crippen LogP contribution in [0.25, 0.3) is 0 Å². The van der Waals surface area contributed by atoms with Crippen molar-refractivity contribution < 1.29 is 4.79 Å². The lowest BCUT2D eigenvalue weighted by Crippen LogP contribution is -2.03. The first-order chi connectivity index (χ1) is 4.81. The van der Waals surface area contributed by atoms with Gasteiger partial charge in [0.2, 0.25) is 0 Å². The smallest absolute Gasteiger partial charge is 0.133 e. The number of nitrogens with two attached hydrogens (primary N) is 1. The molecule has 0 amide bonds. The molecule has 0 atom stereocenters. The molecule has 0 spiro atoms. The molecular weight excluding hydrogens is 126 g/mol. The van der Waals surface area contributed by atoms with E-state index in [1.807, 2.05) is 0 Å². The summed E-state index contributed by atoms with van der Waals surface area (Å²) in [6.07, 6.45) is 7.41. The van der Waals surface area contributed by atoms with Crippen molar-refractivity contribution in [2.24, 2.45) is 5.73 Å². The van der Waals surface area contributed by atoms with Crippen LogP contribution >= 0.6 is 0 Å². The van der Waals surface area contributed by atoms with E-state index < -0.39 is 0 Å². The van der Waals surface area contributed by atoms with Crippen LogP contribution in [0.4, 0.5) is 0 Å².